The minimum absolute atomic E-state index is 0.930. The van der Waals surface area contributed by atoms with E-state index in [-0.39, 0.29) is 0 Å². The molecule has 0 amide bonds. The molecule has 5 rings (SSSR count). The topological polar surface area (TPSA) is 13.1 Å². The van der Waals surface area contributed by atoms with Crippen molar-refractivity contribution in [3.63, 3.8) is 0 Å². The highest BCUT2D eigenvalue weighted by Gasteiger charge is 2.27. The van der Waals surface area contributed by atoms with E-state index in [0.717, 1.165) is 12.2 Å². The second-order valence-corrected chi connectivity index (χ2v) is 13.7. The Morgan fingerprint density at radius 2 is 1.54 bits per heavy atom. The molecule has 0 saturated carbocycles. The van der Waals surface area contributed by atoms with Gasteiger partial charge in [-0.15, -0.1) is 0 Å². The zero-order valence-corrected chi connectivity index (χ0v) is 17.6. The summed E-state index contributed by atoms with van der Waals surface area (Å²) >= 11 is 0. The molecule has 0 N–H and O–H groups in total. The molecule has 28 heavy (non-hydrogen) atoms. The number of benzene rings is 3. The van der Waals surface area contributed by atoms with Crippen molar-refractivity contribution in [1.29, 1.82) is 0 Å². The molecule has 0 bridgehead atoms. The number of hydrogen-bond acceptors (Lipinski definition) is 1. The lowest BCUT2D eigenvalue weighted by Gasteiger charge is -2.16. The Morgan fingerprint density at radius 1 is 0.786 bits per heavy atom. The minimum Gasteiger partial charge on any atom is -0.465 e. The van der Waals surface area contributed by atoms with Crippen molar-refractivity contribution in [2.45, 2.75) is 26.1 Å². The Hall–Kier alpha value is -2.84. The fourth-order valence-electron chi connectivity index (χ4n) is 4.37. The molecule has 2 heteroatoms. The minimum atomic E-state index is -1.44. The van der Waals surface area contributed by atoms with Crippen molar-refractivity contribution in [2.24, 2.45) is 0 Å². The first-order chi connectivity index (χ1) is 13.5. The molecule has 0 saturated heterocycles. The van der Waals surface area contributed by atoms with Gasteiger partial charge in [0.05, 0.1) is 14.3 Å². The van der Waals surface area contributed by atoms with Crippen molar-refractivity contribution in [3.05, 3.63) is 89.9 Å². The third kappa shape index (κ3) is 2.76. The number of furan rings is 1. The highest BCUT2D eigenvalue weighted by Crippen LogP contribution is 2.39. The van der Waals surface area contributed by atoms with Crippen molar-refractivity contribution < 1.29 is 4.42 Å². The molecule has 0 fully saturated rings. The van der Waals surface area contributed by atoms with Gasteiger partial charge in [0.1, 0.15) is 5.76 Å². The maximum atomic E-state index is 5.99. The Balaban J connectivity index is 1.62. The lowest BCUT2D eigenvalue weighted by atomic mass is 9.92. The maximum Gasteiger partial charge on any atom is 0.129 e. The largest absolute Gasteiger partial charge is 0.465 e. The second-order valence-electron chi connectivity index (χ2n) is 8.66. The van der Waals surface area contributed by atoms with Gasteiger partial charge >= 0.3 is 0 Å². The molecular weight excluding hydrogens is 356 g/mol. The first kappa shape index (κ1) is 17.3. The molecule has 4 aromatic rings. The Morgan fingerprint density at radius 3 is 2.39 bits per heavy atom. The molecule has 138 valence electrons. The highest BCUT2D eigenvalue weighted by atomic mass is 28.3. The van der Waals surface area contributed by atoms with Crippen LogP contribution in [0.25, 0.3) is 33.5 Å². The van der Waals surface area contributed by atoms with Crippen molar-refractivity contribution in [1.82, 2.24) is 0 Å². The smallest absolute Gasteiger partial charge is 0.129 e. The zero-order chi connectivity index (χ0) is 19.3. The quantitative estimate of drug-likeness (QED) is 0.359. The fraction of sp³-hybridized carbons (Fsp3) is 0.154. The van der Waals surface area contributed by atoms with Crippen LogP contribution in [-0.2, 0) is 6.42 Å². The monoisotopic (exact) mass is 380 g/mol. The van der Waals surface area contributed by atoms with Crippen LogP contribution in [-0.4, -0.2) is 8.07 Å². The van der Waals surface area contributed by atoms with E-state index in [4.69, 9.17) is 4.42 Å². The van der Waals surface area contributed by atoms with Gasteiger partial charge in [0.15, 0.2) is 0 Å². The van der Waals surface area contributed by atoms with E-state index in [2.05, 4.69) is 92.4 Å². The van der Waals surface area contributed by atoms with E-state index < -0.39 is 8.07 Å². The van der Waals surface area contributed by atoms with Gasteiger partial charge in [-0.2, -0.15) is 0 Å². The van der Waals surface area contributed by atoms with Crippen LogP contribution in [0.1, 0.15) is 16.9 Å². The van der Waals surface area contributed by atoms with Gasteiger partial charge in [0.2, 0.25) is 0 Å². The molecule has 0 radical (unpaired) electrons. The van der Waals surface area contributed by atoms with E-state index in [0.29, 0.717) is 0 Å². The van der Waals surface area contributed by atoms with Gasteiger partial charge in [0.25, 0.3) is 0 Å². The maximum absolute atomic E-state index is 5.99. The summed E-state index contributed by atoms with van der Waals surface area (Å²) in [5.74, 6) is 1.10. The molecule has 3 aromatic carbocycles. The summed E-state index contributed by atoms with van der Waals surface area (Å²) in [6.07, 6.45) is 5.12. The number of allylic oxidation sites excluding steroid dienone is 1. The van der Waals surface area contributed by atoms with E-state index in [1.54, 1.807) is 0 Å². The fourth-order valence-corrected chi connectivity index (χ4v) is 5.84. The summed E-state index contributed by atoms with van der Waals surface area (Å²) in [5.41, 5.74) is 6.69. The van der Waals surface area contributed by atoms with E-state index in [1.807, 2.05) is 6.26 Å². The summed E-state index contributed by atoms with van der Waals surface area (Å²) in [4.78, 5) is 0. The van der Waals surface area contributed by atoms with Crippen LogP contribution in [0.2, 0.25) is 19.6 Å². The molecular formula is C26H24OSi. The predicted molar refractivity (Wildman–Crippen MR) is 123 cm³/mol. The Labute approximate surface area is 167 Å². The summed E-state index contributed by atoms with van der Waals surface area (Å²) in [5, 5.41) is 4.02. The van der Waals surface area contributed by atoms with Gasteiger partial charge in [0, 0.05) is 6.42 Å². The van der Waals surface area contributed by atoms with Crippen LogP contribution in [0.4, 0.5) is 0 Å². The van der Waals surface area contributed by atoms with Crippen molar-refractivity contribution >= 4 is 35.7 Å². The van der Waals surface area contributed by atoms with Gasteiger partial charge in [-0.25, -0.2) is 0 Å². The van der Waals surface area contributed by atoms with Crippen LogP contribution in [0.5, 0.6) is 0 Å². The van der Waals surface area contributed by atoms with Crippen LogP contribution >= 0.6 is 0 Å². The van der Waals surface area contributed by atoms with Crippen molar-refractivity contribution in [3.8, 4) is 11.1 Å². The van der Waals surface area contributed by atoms with Gasteiger partial charge in [-0.3, -0.25) is 0 Å². The molecule has 0 spiro atoms. The molecule has 0 atom stereocenters. The summed E-state index contributed by atoms with van der Waals surface area (Å²) in [6, 6.07) is 24.1. The molecule has 1 heterocycles. The average molecular weight is 381 g/mol. The highest BCUT2D eigenvalue weighted by molar-refractivity contribution is 6.89. The standard InChI is InChI=1S/C26H24OSi/c1-28(2,3)25-14-15-27-26(25)20-16-19-10-7-13-23(24(19)17-20)22-12-6-9-18-8-4-5-11-21(18)22/h4-16H,17H2,1-3H3. The lowest BCUT2D eigenvalue weighted by molar-refractivity contribution is 0.554. The Bertz CT molecular complexity index is 1220. The zero-order valence-electron chi connectivity index (χ0n) is 16.6. The molecule has 1 nitrogen and oxygen atoms in total. The van der Waals surface area contributed by atoms with Crippen LogP contribution < -0.4 is 5.19 Å². The summed E-state index contributed by atoms with van der Waals surface area (Å²) in [7, 11) is -1.44. The number of fused-ring (bicyclic) bond motifs is 2. The molecule has 0 unspecified atom stereocenters. The molecule has 1 aliphatic rings. The summed E-state index contributed by atoms with van der Waals surface area (Å²) in [6.45, 7) is 7.14. The Kier molecular flexibility index (Phi) is 3.92. The lowest BCUT2D eigenvalue weighted by Crippen LogP contribution is -2.38. The molecule has 1 aliphatic carbocycles. The first-order valence-electron chi connectivity index (χ1n) is 9.91. The molecule has 1 aromatic heterocycles. The van der Waals surface area contributed by atoms with Crippen LogP contribution in [0, 0.1) is 0 Å². The van der Waals surface area contributed by atoms with E-state index in [1.165, 1.54) is 43.8 Å². The first-order valence-corrected chi connectivity index (χ1v) is 13.4. The van der Waals surface area contributed by atoms with Gasteiger partial charge < -0.3 is 4.42 Å². The summed E-state index contributed by atoms with van der Waals surface area (Å²) < 4.78 is 5.99. The van der Waals surface area contributed by atoms with Crippen LogP contribution in [0.15, 0.2) is 77.4 Å². The van der Waals surface area contributed by atoms with Gasteiger partial charge in [-0.1, -0.05) is 80.3 Å². The number of hydrogen-bond donors (Lipinski definition) is 0. The normalized spacial score (nSPS) is 13.6. The van der Waals surface area contributed by atoms with Crippen LogP contribution in [0.3, 0.4) is 0 Å². The molecule has 0 aliphatic heterocycles. The predicted octanol–water partition coefficient (Wildman–Crippen LogP) is 6.74. The third-order valence-electron chi connectivity index (χ3n) is 5.75. The SMILES string of the molecule is C[Si](C)(C)c1ccoc1C1=Cc2cccc(-c3cccc4ccccc34)c2C1. The van der Waals surface area contributed by atoms with Gasteiger partial charge in [-0.05, 0) is 55.9 Å². The number of rotatable bonds is 3. The second kappa shape index (κ2) is 6.35. The average Bonchev–Trinajstić information content (AvgIpc) is 3.33. The van der Waals surface area contributed by atoms with E-state index >= 15 is 0 Å². The van der Waals surface area contributed by atoms with Crippen molar-refractivity contribution in [2.75, 3.05) is 0 Å². The third-order valence-corrected chi connectivity index (χ3v) is 7.76. The van der Waals surface area contributed by atoms with E-state index in [9.17, 15) is 0 Å².